The summed E-state index contributed by atoms with van der Waals surface area (Å²) in [7, 11) is 0. The van der Waals surface area contributed by atoms with Gasteiger partial charge in [-0.25, -0.2) is 0 Å². The van der Waals surface area contributed by atoms with Crippen molar-refractivity contribution in [3.63, 3.8) is 0 Å². The molecule has 0 fully saturated rings. The molecule has 0 unspecified atom stereocenters. The molecule has 0 aromatic heterocycles. The van der Waals surface area contributed by atoms with Gasteiger partial charge in [-0.1, -0.05) is 24.3 Å². The van der Waals surface area contributed by atoms with Crippen molar-refractivity contribution in [2.45, 2.75) is 11.4 Å². The van der Waals surface area contributed by atoms with Gasteiger partial charge in [0.05, 0.1) is 11.4 Å². The van der Waals surface area contributed by atoms with Crippen LogP contribution in [-0.2, 0) is 11.3 Å². The highest BCUT2D eigenvalue weighted by molar-refractivity contribution is 9.10. The molecule has 0 heterocycles. The Hall–Kier alpha value is -1.30. The molecule has 1 amide bonds. The lowest BCUT2D eigenvalue weighted by molar-refractivity contribution is -0.113. The van der Waals surface area contributed by atoms with Gasteiger partial charge in [-0.05, 0) is 45.8 Å². The number of rotatable bonds is 5. The van der Waals surface area contributed by atoms with Gasteiger partial charge in [0.15, 0.2) is 0 Å². The summed E-state index contributed by atoms with van der Waals surface area (Å²) < 4.78 is 0.878. The first-order chi connectivity index (χ1) is 9.69. The van der Waals surface area contributed by atoms with Crippen LogP contribution in [0, 0.1) is 0 Å². The zero-order valence-corrected chi connectivity index (χ0v) is 13.2. The van der Waals surface area contributed by atoms with Gasteiger partial charge in [0.2, 0.25) is 5.91 Å². The van der Waals surface area contributed by atoms with E-state index in [1.165, 1.54) is 11.8 Å². The van der Waals surface area contributed by atoms with Crippen LogP contribution in [0.2, 0.25) is 0 Å². The maximum Gasteiger partial charge on any atom is 0.234 e. The summed E-state index contributed by atoms with van der Waals surface area (Å²) in [4.78, 5) is 13.0. The Labute approximate surface area is 131 Å². The molecule has 20 heavy (non-hydrogen) atoms. The largest absolute Gasteiger partial charge is 0.326 e. The number of para-hydroxylation sites is 1. The summed E-state index contributed by atoms with van der Waals surface area (Å²) in [6, 6.07) is 15.5. The van der Waals surface area contributed by atoms with Gasteiger partial charge in [0.1, 0.15) is 0 Å². The summed E-state index contributed by atoms with van der Waals surface area (Å²) in [5, 5.41) is 2.88. The van der Waals surface area contributed by atoms with E-state index in [0.717, 1.165) is 20.6 Å². The first-order valence-corrected chi connectivity index (χ1v) is 7.93. The van der Waals surface area contributed by atoms with Gasteiger partial charge < -0.3 is 11.1 Å². The van der Waals surface area contributed by atoms with E-state index in [0.29, 0.717) is 12.3 Å². The number of nitrogens with two attached hydrogens (primary N) is 1. The molecule has 2 aromatic carbocycles. The van der Waals surface area contributed by atoms with Crippen molar-refractivity contribution < 1.29 is 4.79 Å². The third-order valence-electron chi connectivity index (χ3n) is 2.65. The number of carbonyl (C=O) groups is 1. The van der Waals surface area contributed by atoms with Gasteiger partial charge in [0, 0.05) is 15.9 Å². The fourth-order valence-corrected chi connectivity index (χ4v) is 2.82. The summed E-state index contributed by atoms with van der Waals surface area (Å²) >= 11 is 4.90. The third kappa shape index (κ3) is 4.37. The monoisotopic (exact) mass is 350 g/mol. The van der Waals surface area contributed by atoms with Crippen LogP contribution in [0.25, 0.3) is 0 Å². The van der Waals surface area contributed by atoms with Crippen LogP contribution in [0.15, 0.2) is 57.9 Å². The quantitative estimate of drug-likeness (QED) is 0.809. The lowest BCUT2D eigenvalue weighted by atomic mass is 10.2. The second kappa shape index (κ2) is 7.47. The van der Waals surface area contributed by atoms with Gasteiger partial charge in [-0.2, -0.15) is 0 Å². The lowest BCUT2D eigenvalue weighted by Crippen LogP contribution is -2.14. The Balaban J connectivity index is 1.90. The summed E-state index contributed by atoms with van der Waals surface area (Å²) in [5.74, 6) is 0.343. The Morgan fingerprint density at radius 3 is 2.75 bits per heavy atom. The zero-order chi connectivity index (χ0) is 14.4. The van der Waals surface area contributed by atoms with Crippen molar-refractivity contribution >= 4 is 39.3 Å². The average molecular weight is 351 g/mol. The highest BCUT2D eigenvalue weighted by Gasteiger charge is 2.06. The normalized spacial score (nSPS) is 10.3. The van der Waals surface area contributed by atoms with Crippen LogP contribution < -0.4 is 11.1 Å². The van der Waals surface area contributed by atoms with E-state index in [-0.39, 0.29) is 5.91 Å². The summed E-state index contributed by atoms with van der Waals surface area (Å²) in [6.45, 7) is 0.511. The van der Waals surface area contributed by atoms with Gasteiger partial charge in [-0.15, -0.1) is 11.8 Å². The number of benzene rings is 2. The molecule has 0 bridgehead atoms. The molecule has 0 saturated carbocycles. The number of amides is 1. The topological polar surface area (TPSA) is 55.1 Å². The Bertz CT molecular complexity index is 604. The first kappa shape index (κ1) is 15.1. The Morgan fingerprint density at radius 1 is 1.20 bits per heavy atom. The molecule has 0 atom stereocenters. The Morgan fingerprint density at radius 2 is 2.00 bits per heavy atom. The van der Waals surface area contributed by atoms with E-state index in [1.54, 1.807) is 0 Å². The maximum atomic E-state index is 11.9. The van der Waals surface area contributed by atoms with Crippen LogP contribution in [0.3, 0.4) is 0 Å². The molecule has 3 N–H and O–H groups in total. The van der Waals surface area contributed by atoms with Crippen LogP contribution in [0.5, 0.6) is 0 Å². The molecule has 3 nitrogen and oxygen atoms in total. The van der Waals surface area contributed by atoms with Crippen LogP contribution in [0.1, 0.15) is 5.56 Å². The fourth-order valence-electron chi connectivity index (χ4n) is 1.66. The number of nitrogens with one attached hydrogen (secondary N) is 1. The van der Waals surface area contributed by atoms with Crippen molar-refractivity contribution in [1.29, 1.82) is 0 Å². The molecular weight excluding hydrogens is 336 g/mol. The molecule has 2 rings (SSSR count). The molecular formula is C15H15BrN2OS. The van der Waals surface area contributed by atoms with Crippen LogP contribution >= 0.6 is 27.7 Å². The molecule has 0 aliphatic carbocycles. The van der Waals surface area contributed by atoms with Crippen molar-refractivity contribution in [3.8, 4) is 0 Å². The summed E-state index contributed by atoms with van der Waals surface area (Å²) in [6.07, 6.45) is 0. The molecule has 0 saturated heterocycles. The fraction of sp³-hybridized carbons (Fsp3) is 0.133. The number of anilines is 1. The van der Waals surface area contributed by atoms with E-state index in [1.807, 2.05) is 48.5 Å². The SMILES string of the molecule is NCc1cccc(SCC(=O)Nc2ccccc2Br)c1. The standard InChI is InChI=1S/C15H15BrN2OS/c16-13-6-1-2-7-14(13)18-15(19)10-20-12-5-3-4-11(8-12)9-17/h1-8H,9-10,17H2,(H,18,19). The van der Waals surface area contributed by atoms with E-state index in [2.05, 4.69) is 21.2 Å². The van der Waals surface area contributed by atoms with Crippen LogP contribution in [-0.4, -0.2) is 11.7 Å². The molecule has 0 radical (unpaired) electrons. The maximum absolute atomic E-state index is 11.9. The minimum absolute atomic E-state index is 0.0277. The predicted octanol–water partition coefficient (Wildman–Crippen LogP) is 3.64. The van der Waals surface area contributed by atoms with E-state index in [9.17, 15) is 4.79 Å². The van der Waals surface area contributed by atoms with Crippen molar-refractivity contribution in [1.82, 2.24) is 0 Å². The van der Waals surface area contributed by atoms with E-state index >= 15 is 0 Å². The number of thioether (sulfide) groups is 1. The van der Waals surface area contributed by atoms with Crippen molar-refractivity contribution in [2.24, 2.45) is 5.73 Å². The number of carbonyl (C=O) groups excluding carboxylic acids is 1. The number of hydrogen-bond acceptors (Lipinski definition) is 3. The van der Waals surface area contributed by atoms with Gasteiger partial charge >= 0.3 is 0 Å². The lowest BCUT2D eigenvalue weighted by Gasteiger charge is -2.07. The van der Waals surface area contributed by atoms with E-state index < -0.39 is 0 Å². The van der Waals surface area contributed by atoms with E-state index in [4.69, 9.17) is 5.73 Å². The van der Waals surface area contributed by atoms with Crippen LogP contribution in [0.4, 0.5) is 5.69 Å². The van der Waals surface area contributed by atoms with Gasteiger partial charge in [-0.3, -0.25) is 4.79 Å². The smallest absolute Gasteiger partial charge is 0.234 e. The number of hydrogen-bond donors (Lipinski definition) is 2. The zero-order valence-electron chi connectivity index (χ0n) is 10.8. The third-order valence-corrected chi connectivity index (χ3v) is 4.34. The molecule has 0 spiro atoms. The average Bonchev–Trinajstić information content (AvgIpc) is 2.48. The highest BCUT2D eigenvalue weighted by atomic mass is 79.9. The summed E-state index contributed by atoms with van der Waals surface area (Å²) in [5.41, 5.74) is 7.46. The second-order valence-electron chi connectivity index (χ2n) is 4.17. The van der Waals surface area contributed by atoms with Gasteiger partial charge in [0.25, 0.3) is 0 Å². The van der Waals surface area contributed by atoms with Crippen molar-refractivity contribution in [3.05, 3.63) is 58.6 Å². The Kier molecular flexibility index (Phi) is 5.64. The van der Waals surface area contributed by atoms with Crippen molar-refractivity contribution in [2.75, 3.05) is 11.1 Å². The predicted molar refractivity (Wildman–Crippen MR) is 87.8 cm³/mol. The minimum Gasteiger partial charge on any atom is -0.326 e. The molecule has 0 aliphatic rings. The molecule has 104 valence electrons. The first-order valence-electron chi connectivity index (χ1n) is 6.15. The second-order valence-corrected chi connectivity index (χ2v) is 6.07. The minimum atomic E-state index is -0.0277. The molecule has 0 aliphatic heterocycles. The highest BCUT2D eigenvalue weighted by Crippen LogP contribution is 2.23. The molecule has 5 heteroatoms. The number of halogens is 1. The molecule has 2 aromatic rings.